The van der Waals surface area contributed by atoms with E-state index in [1.165, 1.54) is 11.3 Å². The third kappa shape index (κ3) is 2.13. The minimum atomic E-state index is -0.162. The van der Waals surface area contributed by atoms with Crippen LogP contribution in [0, 0.1) is 0 Å². The fourth-order valence-electron chi connectivity index (χ4n) is 1.40. The Morgan fingerprint density at radius 3 is 2.80 bits per heavy atom. The van der Waals surface area contributed by atoms with Crippen molar-refractivity contribution in [2.24, 2.45) is 0 Å². The van der Waals surface area contributed by atoms with Crippen LogP contribution in [0.1, 0.15) is 28.2 Å². The molecule has 2 heterocycles. The van der Waals surface area contributed by atoms with Crippen LogP contribution in [0.2, 0.25) is 0 Å². The van der Waals surface area contributed by atoms with Crippen molar-refractivity contribution in [2.75, 3.05) is 0 Å². The van der Waals surface area contributed by atoms with Crippen LogP contribution in [0.3, 0.4) is 0 Å². The van der Waals surface area contributed by atoms with Gasteiger partial charge >= 0.3 is 0 Å². The molecule has 1 atom stereocenters. The van der Waals surface area contributed by atoms with E-state index in [1.807, 2.05) is 42.6 Å². The van der Waals surface area contributed by atoms with Gasteiger partial charge in [0, 0.05) is 6.20 Å². The highest BCUT2D eigenvalue weighted by molar-refractivity contribution is 7.12. The van der Waals surface area contributed by atoms with E-state index >= 15 is 0 Å². The summed E-state index contributed by atoms with van der Waals surface area (Å²) in [6.07, 6.45) is 1.72. The Labute approximate surface area is 92.6 Å². The van der Waals surface area contributed by atoms with Crippen molar-refractivity contribution in [1.29, 1.82) is 0 Å². The van der Waals surface area contributed by atoms with Crippen LogP contribution in [0.15, 0.2) is 41.9 Å². The molecule has 0 spiro atoms. The molecule has 2 aromatic rings. The Balaban J connectivity index is 2.23. The van der Waals surface area contributed by atoms with Crippen molar-refractivity contribution in [1.82, 2.24) is 4.98 Å². The molecule has 0 fully saturated rings. The number of nitrogens with zero attached hydrogens (tertiary/aromatic N) is 1. The van der Waals surface area contributed by atoms with E-state index in [2.05, 4.69) is 4.98 Å². The molecule has 0 N–H and O–H groups in total. The summed E-state index contributed by atoms with van der Waals surface area (Å²) in [4.78, 5) is 17.0. The monoisotopic (exact) mass is 217 g/mol. The first-order valence-corrected chi connectivity index (χ1v) is 5.65. The maximum absolute atomic E-state index is 12.0. The van der Waals surface area contributed by atoms with Gasteiger partial charge in [0.1, 0.15) is 0 Å². The number of hydrogen-bond acceptors (Lipinski definition) is 3. The highest BCUT2D eigenvalue weighted by Crippen LogP contribution is 2.21. The number of rotatable bonds is 3. The molecule has 0 amide bonds. The number of aromatic nitrogens is 1. The predicted molar refractivity (Wildman–Crippen MR) is 61.3 cm³/mol. The highest BCUT2D eigenvalue weighted by Gasteiger charge is 2.18. The maximum atomic E-state index is 12.0. The summed E-state index contributed by atoms with van der Waals surface area (Å²) in [5.74, 6) is -0.0199. The zero-order valence-corrected chi connectivity index (χ0v) is 9.20. The second kappa shape index (κ2) is 4.36. The van der Waals surface area contributed by atoms with Crippen LogP contribution in [-0.4, -0.2) is 10.8 Å². The van der Waals surface area contributed by atoms with Gasteiger partial charge < -0.3 is 0 Å². The minimum Gasteiger partial charge on any atom is -0.293 e. The van der Waals surface area contributed by atoms with Gasteiger partial charge in [0.25, 0.3) is 0 Å². The van der Waals surface area contributed by atoms with Gasteiger partial charge in [-0.25, -0.2) is 0 Å². The van der Waals surface area contributed by atoms with Crippen molar-refractivity contribution in [3.8, 4) is 0 Å². The summed E-state index contributed by atoms with van der Waals surface area (Å²) >= 11 is 1.48. The standard InChI is InChI=1S/C12H11NOS/c1-9(10-5-2-3-7-13-10)12(14)11-6-4-8-15-11/h2-9H,1H3. The van der Waals surface area contributed by atoms with Crippen LogP contribution in [0.4, 0.5) is 0 Å². The van der Waals surface area contributed by atoms with E-state index in [4.69, 9.17) is 0 Å². The van der Waals surface area contributed by atoms with Gasteiger partial charge in [-0.2, -0.15) is 0 Å². The quantitative estimate of drug-likeness (QED) is 0.739. The lowest BCUT2D eigenvalue weighted by Crippen LogP contribution is -2.09. The lowest BCUT2D eigenvalue weighted by molar-refractivity contribution is 0.0968. The summed E-state index contributed by atoms with van der Waals surface area (Å²) in [5, 5.41) is 1.92. The summed E-state index contributed by atoms with van der Waals surface area (Å²) in [6.45, 7) is 1.89. The lowest BCUT2D eigenvalue weighted by Gasteiger charge is -2.07. The molecule has 2 rings (SSSR count). The van der Waals surface area contributed by atoms with E-state index in [0.717, 1.165) is 10.6 Å². The van der Waals surface area contributed by atoms with E-state index in [-0.39, 0.29) is 11.7 Å². The number of hydrogen-bond donors (Lipinski definition) is 0. The van der Waals surface area contributed by atoms with Gasteiger partial charge in [-0.1, -0.05) is 12.1 Å². The van der Waals surface area contributed by atoms with Crippen molar-refractivity contribution in [3.63, 3.8) is 0 Å². The Morgan fingerprint density at radius 2 is 2.20 bits per heavy atom. The summed E-state index contributed by atoms with van der Waals surface area (Å²) in [6, 6.07) is 9.39. The number of Topliss-reactive ketones (excluding diaryl/α,β-unsaturated/α-hetero) is 1. The zero-order valence-electron chi connectivity index (χ0n) is 8.38. The second-order valence-electron chi connectivity index (χ2n) is 3.32. The number of carbonyl (C=O) groups is 1. The summed E-state index contributed by atoms with van der Waals surface area (Å²) in [5.41, 5.74) is 0.830. The Kier molecular flexibility index (Phi) is 2.92. The molecule has 0 aliphatic rings. The van der Waals surface area contributed by atoms with Gasteiger partial charge in [-0.3, -0.25) is 9.78 Å². The third-order valence-electron chi connectivity index (χ3n) is 2.29. The van der Waals surface area contributed by atoms with Crippen LogP contribution in [-0.2, 0) is 0 Å². The molecule has 0 aliphatic carbocycles. The van der Waals surface area contributed by atoms with Gasteiger partial charge in [0.15, 0.2) is 5.78 Å². The fraction of sp³-hybridized carbons (Fsp3) is 0.167. The van der Waals surface area contributed by atoms with E-state index in [9.17, 15) is 4.79 Å². The molecule has 0 bridgehead atoms. The Hall–Kier alpha value is -1.48. The third-order valence-corrected chi connectivity index (χ3v) is 3.17. The van der Waals surface area contributed by atoms with E-state index < -0.39 is 0 Å². The van der Waals surface area contributed by atoms with E-state index in [1.54, 1.807) is 6.20 Å². The summed E-state index contributed by atoms with van der Waals surface area (Å²) < 4.78 is 0. The van der Waals surface area contributed by atoms with Gasteiger partial charge in [0.05, 0.1) is 16.5 Å². The largest absolute Gasteiger partial charge is 0.293 e. The number of ketones is 1. The van der Waals surface area contributed by atoms with Gasteiger partial charge in [-0.15, -0.1) is 11.3 Å². The average molecular weight is 217 g/mol. The Bertz CT molecular complexity index is 436. The van der Waals surface area contributed by atoms with Gasteiger partial charge in [-0.05, 0) is 30.5 Å². The van der Waals surface area contributed by atoms with Crippen molar-refractivity contribution in [3.05, 3.63) is 52.5 Å². The number of thiophene rings is 1. The second-order valence-corrected chi connectivity index (χ2v) is 4.27. The molecule has 2 nitrogen and oxygen atoms in total. The maximum Gasteiger partial charge on any atom is 0.181 e. The topological polar surface area (TPSA) is 30.0 Å². The molecule has 1 unspecified atom stereocenters. The van der Waals surface area contributed by atoms with Crippen molar-refractivity contribution in [2.45, 2.75) is 12.8 Å². The molecule has 0 aliphatic heterocycles. The first kappa shape index (κ1) is 10.1. The highest BCUT2D eigenvalue weighted by atomic mass is 32.1. The molecule has 0 aromatic carbocycles. The van der Waals surface area contributed by atoms with Crippen LogP contribution < -0.4 is 0 Å². The molecule has 3 heteroatoms. The normalized spacial score (nSPS) is 12.3. The predicted octanol–water partition coefficient (Wildman–Crippen LogP) is 3.13. The number of carbonyl (C=O) groups excluding carboxylic acids is 1. The average Bonchev–Trinajstić information content (AvgIpc) is 2.82. The molecule has 76 valence electrons. The Morgan fingerprint density at radius 1 is 1.33 bits per heavy atom. The molecule has 0 saturated heterocycles. The molecule has 0 radical (unpaired) electrons. The van der Waals surface area contributed by atoms with Gasteiger partial charge in [0.2, 0.25) is 0 Å². The minimum absolute atomic E-state index is 0.142. The smallest absolute Gasteiger partial charge is 0.181 e. The number of pyridine rings is 1. The van der Waals surface area contributed by atoms with Crippen LogP contribution in [0.25, 0.3) is 0 Å². The van der Waals surface area contributed by atoms with Crippen LogP contribution in [0.5, 0.6) is 0 Å². The fourth-order valence-corrected chi connectivity index (χ4v) is 2.15. The molecule has 2 aromatic heterocycles. The molecular formula is C12H11NOS. The zero-order chi connectivity index (χ0) is 10.7. The van der Waals surface area contributed by atoms with Crippen LogP contribution >= 0.6 is 11.3 Å². The SMILES string of the molecule is CC(C(=O)c1cccs1)c1ccccn1. The molecule has 0 saturated carbocycles. The summed E-state index contributed by atoms with van der Waals surface area (Å²) in [7, 11) is 0. The lowest BCUT2D eigenvalue weighted by atomic mass is 10.0. The van der Waals surface area contributed by atoms with E-state index in [0.29, 0.717) is 0 Å². The first-order chi connectivity index (χ1) is 7.29. The van der Waals surface area contributed by atoms with Crippen molar-refractivity contribution >= 4 is 17.1 Å². The molecular weight excluding hydrogens is 206 g/mol. The molecule has 15 heavy (non-hydrogen) atoms. The van der Waals surface area contributed by atoms with Crippen molar-refractivity contribution < 1.29 is 4.79 Å². The first-order valence-electron chi connectivity index (χ1n) is 4.77.